The molecule has 1 N–H and O–H groups in total. The van der Waals surface area contributed by atoms with E-state index in [4.69, 9.17) is 0 Å². The quantitative estimate of drug-likeness (QED) is 0.577. The molecule has 0 bridgehead atoms. The molecule has 2 aromatic rings. The van der Waals surface area contributed by atoms with E-state index in [1.807, 2.05) is 6.07 Å². The Morgan fingerprint density at radius 1 is 1.09 bits per heavy atom. The summed E-state index contributed by atoms with van der Waals surface area (Å²) in [7, 11) is -5.44. The van der Waals surface area contributed by atoms with Crippen LogP contribution in [0, 0.1) is 5.92 Å². The molecular formula is C21H26BrN3O5S2. The highest BCUT2D eigenvalue weighted by Gasteiger charge is 2.31. The molecule has 2 aromatic carbocycles. The van der Waals surface area contributed by atoms with Crippen molar-refractivity contribution in [3.63, 3.8) is 0 Å². The summed E-state index contributed by atoms with van der Waals surface area (Å²) in [6, 6.07) is 13.8. The molecule has 1 fully saturated rings. The Morgan fingerprint density at radius 2 is 1.75 bits per heavy atom. The van der Waals surface area contributed by atoms with Crippen molar-refractivity contribution < 1.29 is 21.6 Å². The molecule has 3 rings (SSSR count). The Labute approximate surface area is 197 Å². The third-order valence-corrected chi connectivity index (χ3v) is 8.98. The van der Waals surface area contributed by atoms with Gasteiger partial charge in [0.1, 0.15) is 0 Å². The normalized spacial score (nSPS) is 16.0. The van der Waals surface area contributed by atoms with Gasteiger partial charge in [-0.05, 0) is 48.7 Å². The summed E-state index contributed by atoms with van der Waals surface area (Å²) in [4.78, 5) is 12.7. The molecule has 1 heterocycles. The molecule has 0 unspecified atom stereocenters. The Kier molecular flexibility index (Phi) is 7.64. The van der Waals surface area contributed by atoms with Gasteiger partial charge in [0, 0.05) is 36.2 Å². The van der Waals surface area contributed by atoms with Crippen LogP contribution in [0.5, 0.6) is 0 Å². The van der Waals surface area contributed by atoms with E-state index in [0.29, 0.717) is 29.8 Å². The maximum absolute atomic E-state index is 12.8. The number of anilines is 2. The number of amides is 1. The predicted octanol–water partition coefficient (Wildman–Crippen LogP) is 3.03. The molecule has 0 atom stereocenters. The zero-order valence-electron chi connectivity index (χ0n) is 17.9. The first-order valence-corrected chi connectivity index (χ1v) is 14.3. The molecule has 1 aliphatic rings. The van der Waals surface area contributed by atoms with Crippen molar-refractivity contribution in [3.8, 4) is 0 Å². The zero-order valence-corrected chi connectivity index (χ0v) is 21.1. The van der Waals surface area contributed by atoms with Crippen LogP contribution < -0.4 is 9.62 Å². The van der Waals surface area contributed by atoms with Crippen LogP contribution in [0.1, 0.15) is 18.4 Å². The molecule has 0 radical (unpaired) electrons. The van der Waals surface area contributed by atoms with E-state index < -0.39 is 20.0 Å². The number of halogens is 1. The number of hydrogen-bond donors (Lipinski definition) is 1. The van der Waals surface area contributed by atoms with Gasteiger partial charge in [-0.2, -0.15) is 0 Å². The fourth-order valence-electron chi connectivity index (χ4n) is 3.54. The summed E-state index contributed by atoms with van der Waals surface area (Å²) in [6.45, 7) is 0.566. The minimum Gasteiger partial charge on any atom is -0.326 e. The van der Waals surface area contributed by atoms with Crippen molar-refractivity contribution in [1.29, 1.82) is 0 Å². The van der Waals surface area contributed by atoms with Gasteiger partial charge in [0.15, 0.2) is 0 Å². The van der Waals surface area contributed by atoms with E-state index in [0.717, 1.165) is 15.0 Å². The topological polar surface area (TPSA) is 104 Å². The lowest BCUT2D eigenvalue weighted by atomic mass is 9.97. The van der Waals surface area contributed by atoms with Crippen LogP contribution in [0.25, 0.3) is 0 Å². The Balaban J connectivity index is 1.59. The number of benzene rings is 2. The number of piperidine rings is 1. The Morgan fingerprint density at radius 3 is 2.38 bits per heavy atom. The predicted molar refractivity (Wildman–Crippen MR) is 129 cm³/mol. The van der Waals surface area contributed by atoms with Gasteiger partial charge in [-0.3, -0.25) is 9.10 Å². The summed E-state index contributed by atoms with van der Waals surface area (Å²) < 4.78 is 52.4. The Bertz CT molecular complexity index is 1190. The van der Waals surface area contributed by atoms with Crippen LogP contribution >= 0.6 is 15.9 Å². The van der Waals surface area contributed by atoms with Gasteiger partial charge in [-0.15, -0.1) is 0 Å². The lowest BCUT2D eigenvalue weighted by Gasteiger charge is -2.30. The van der Waals surface area contributed by atoms with Crippen LogP contribution in [0.2, 0.25) is 0 Å². The number of nitrogens with zero attached hydrogens (tertiary/aromatic N) is 2. The second-order valence-corrected chi connectivity index (χ2v) is 12.7. The summed E-state index contributed by atoms with van der Waals surface area (Å²) in [5, 5.41) is 2.82. The lowest BCUT2D eigenvalue weighted by molar-refractivity contribution is -0.120. The van der Waals surface area contributed by atoms with Gasteiger partial charge in [-0.25, -0.2) is 21.1 Å². The second-order valence-electron chi connectivity index (χ2n) is 7.83. The van der Waals surface area contributed by atoms with Gasteiger partial charge in [-0.1, -0.05) is 34.1 Å². The molecular weight excluding hydrogens is 518 g/mol. The molecule has 0 aromatic heterocycles. The number of carbonyl (C=O) groups is 1. The van der Waals surface area contributed by atoms with E-state index in [9.17, 15) is 21.6 Å². The molecule has 0 spiro atoms. The molecule has 11 heteroatoms. The summed E-state index contributed by atoms with van der Waals surface area (Å²) in [5.74, 6) is -0.596. The van der Waals surface area contributed by atoms with Crippen LogP contribution in [-0.4, -0.2) is 53.4 Å². The SMILES string of the molecule is CN(c1cccc(NC(=O)C2CCN(S(=O)(=O)Cc3cccc(Br)c3)CC2)c1)S(C)(=O)=O. The van der Waals surface area contributed by atoms with Crippen LogP contribution in [0.4, 0.5) is 11.4 Å². The van der Waals surface area contributed by atoms with Crippen molar-refractivity contribution in [2.75, 3.05) is 36.0 Å². The molecule has 1 amide bonds. The van der Waals surface area contributed by atoms with Crippen molar-refractivity contribution in [2.24, 2.45) is 5.92 Å². The third kappa shape index (κ3) is 6.31. The third-order valence-electron chi connectivity index (χ3n) is 5.43. The lowest BCUT2D eigenvalue weighted by Crippen LogP contribution is -2.41. The Hall–Kier alpha value is -1.95. The molecule has 8 nitrogen and oxygen atoms in total. The summed E-state index contributed by atoms with van der Waals surface area (Å²) in [6.07, 6.45) is 1.95. The summed E-state index contributed by atoms with van der Waals surface area (Å²) in [5.41, 5.74) is 1.64. The number of hydrogen-bond acceptors (Lipinski definition) is 5. The van der Waals surface area contributed by atoms with Crippen LogP contribution in [-0.2, 0) is 30.6 Å². The van der Waals surface area contributed by atoms with Gasteiger partial charge >= 0.3 is 0 Å². The number of sulfonamides is 2. The standard InChI is InChI=1S/C21H26BrN3O5S2/c1-24(31(2,27)28)20-8-4-7-19(14-20)23-21(26)17-9-11-25(12-10-17)32(29,30)15-16-5-3-6-18(22)13-16/h3-8,13-14,17H,9-12,15H2,1-2H3,(H,23,26). The minimum absolute atomic E-state index is 0.0794. The average molecular weight is 544 g/mol. The molecule has 174 valence electrons. The van der Waals surface area contributed by atoms with E-state index in [1.54, 1.807) is 42.5 Å². The number of carbonyl (C=O) groups excluding carboxylic acids is 1. The van der Waals surface area contributed by atoms with E-state index >= 15 is 0 Å². The molecule has 1 aliphatic heterocycles. The zero-order chi connectivity index (χ0) is 23.5. The molecule has 32 heavy (non-hydrogen) atoms. The molecule has 0 saturated carbocycles. The van der Waals surface area contributed by atoms with E-state index in [-0.39, 0.29) is 30.7 Å². The van der Waals surface area contributed by atoms with Crippen molar-refractivity contribution >= 4 is 53.3 Å². The minimum atomic E-state index is -3.47. The van der Waals surface area contributed by atoms with Gasteiger partial charge in [0.05, 0.1) is 17.7 Å². The van der Waals surface area contributed by atoms with E-state index in [2.05, 4.69) is 21.2 Å². The fraction of sp³-hybridized carbons (Fsp3) is 0.381. The van der Waals surface area contributed by atoms with Crippen LogP contribution in [0.15, 0.2) is 53.0 Å². The highest BCUT2D eigenvalue weighted by atomic mass is 79.9. The average Bonchev–Trinajstić information content (AvgIpc) is 2.72. The van der Waals surface area contributed by atoms with Crippen molar-refractivity contribution in [2.45, 2.75) is 18.6 Å². The van der Waals surface area contributed by atoms with E-state index in [1.165, 1.54) is 11.4 Å². The van der Waals surface area contributed by atoms with Gasteiger partial charge in [0.25, 0.3) is 0 Å². The molecule has 1 saturated heterocycles. The second kappa shape index (κ2) is 9.90. The maximum atomic E-state index is 12.8. The number of rotatable bonds is 7. The maximum Gasteiger partial charge on any atom is 0.231 e. The smallest absolute Gasteiger partial charge is 0.231 e. The fourth-order valence-corrected chi connectivity index (χ4v) is 6.03. The van der Waals surface area contributed by atoms with Gasteiger partial charge in [0.2, 0.25) is 26.0 Å². The largest absolute Gasteiger partial charge is 0.326 e. The number of nitrogens with one attached hydrogen (secondary N) is 1. The first kappa shape index (κ1) is 24.7. The highest BCUT2D eigenvalue weighted by molar-refractivity contribution is 9.10. The first-order valence-electron chi connectivity index (χ1n) is 10.0. The first-order chi connectivity index (χ1) is 15.0. The van der Waals surface area contributed by atoms with Crippen LogP contribution in [0.3, 0.4) is 0 Å². The van der Waals surface area contributed by atoms with Crippen molar-refractivity contribution in [3.05, 3.63) is 58.6 Å². The monoisotopic (exact) mass is 543 g/mol. The van der Waals surface area contributed by atoms with Crippen molar-refractivity contribution in [1.82, 2.24) is 4.31 Å². The van der Waals surface area contributed by atoms with Gasteiger partial charge < -0.3 is 5.32 Å². The summed E-state index contributed by atoms with van der Waals surface area (Å²) >= 11 is 3.35. The highest BCUT2D eigenvalue weighted by Crippen LogP contribution is 2.25. The molecule has 0 aliphatic carbocycles.